The predicted octanol–water partition coefficient (Wildman–Crippen LogP) is 3.26. The molecule has 0 saturated heterocycles. The van der Waals surface area contributed by atoms with E-state index < -0.39 is 11.9 Å². The fourth-order valence-electron chi connectivity index (χ4n) is 3.55. The van der Waals surface area contributed by atoms with E-state index >= 15 is 0 Å². The van der Waals surface area contributed by atoms with Gasteiger partial charge in [0, 0.05) is 23.8 Å². The molecule has 0 spiro atoms. The van der Waals surface area contributed by atoms with E-state index in [1.165, 1.54) is 18.2 Å². The third kappa shape index (κ3) is 5.39. The highest BCUT2D eigenvalue weighted by atomic mass is 16.5. The first kappa shape index (κ1) is 22.1. The van der Waals surface area contributed by atoms with Crippen molar-refractivity contribution in [1.82, 2.24) is 5.32 Å². The van der Waals surface area contributed by atoms with Gasteiger partial charge in [0.25, 0.3) is 5.91 Å². The second-order valence-electron chi connectivity index (χ2n) is 7.58. The lowest BCUT2D eigenvalue weighted by molar-refractivity contribution is -0.124. The Hall–Kier alpha value is -4.10. The molecule has 0 fully saturated rings. The molecule has 0 saturated carbocycles. The van der Waals surface area contributed by atoms with Crippen LogP contribution in [0.1, 0.15) is 5.56 Å². The number of fused-ring (bicyclic) bond motifs is 1. The normalized spacial score (nSPS) is 11.8. The van der Waals surface area contributed by atoms with E-state index in [-0.39, 0.29) is 41.1 Å². The second kappa shape index (κ2) is 10.0. The topological polar surface area (TPSA) is 109 Å². The van der Waals surface area contributed by atoms with Gasteiger partial charge in [-0.05, 0) is 12.0 Å². The molecular formula is C26H23NO6. The minimum absolute atomic E-state index is 0.0367. The van der Waals surface area contributed by atoms with Gasteiger partial charge in [-0.15, -0.1) is 0 Å². The van der Waals surface area contributed by atoms with Gasteiger partial charge in [-0.1, -0.05) is 60.7 Å². The first-order chi connectivity index (χ1) is 16.0. The molecule has 33 heavy (non-hydrogen) atoms. The standard InChI is InChI=1S/C26H23NO6/c28-15-19(11-17-7-3-1-4-8-17)27-25(31)16-32-20-12-21(29)26-22(30)14-23(33-24(26)13-20)18-9-5-2-6-10-18/h1-10,12-14,19,28-29H,11,15-16H2,(H,27,31)/t19-/m0/s1. The van der Waals surface area contributed by atoms with E-state index in [1.54, 1.807) is 0 Å². The number of aliphatic hydroxyl groups is 1. The molecule has 0 unspecified atom stereocenters. The molecule has 1 amide bonds. The van der Waals surface area contributed by atoms with Crippen LogP contribution >= 0.6 is 0 Å². The third-order valence-corrected chi connectivity index (χ3v) is 5.12. The number of hydrogen-bond donors (Lipinski definition) is 3. The maximum absolute atomic E-state index is 12.5. The largest absolute Gasteiger partial charge is 0.507 e. The molecule has 4 rings (SSSR count). The molecule has 1 aromatic heterocycles. The molecule has 7 nitrogen and oxygen atoms in total. The van der Waals surface area contributed by atoms with Crippen LogP contribution in [0.15, 0.2) is 88.1 Å². The smallest absolute Gasteiger partial charge is 0.258 e. The summed E-state index contributed by atoms with van der Waals surface area (Å²) in [6, 6.07) is 22.2. The Kier molecular flexibility index (Phi) is 6.71. The Labute approximate surface area is 189 Å². The molecule has 7 heteroatoms. The molecule has 0 aliphatic rings. The minimum Gasteiger partial charge on any atom is -0.507 e. The van der Waals surface area contributed by atoms with Crippen molar-refractivity contribution >= 4 is 16.9 Å². The fourth-order valence-corrected chi connectivity index (χ4v) is 3.55. The summed E-state index contributed by atoms with van der Waals surface area (Å²) in [5, 5.41) is 22.7. The number of amides is 1. The van der Waals surface area contributed by atoms with E-state index in [1.807, 2.05) is 60.7 Å². The van der Waals surface area contributed by atoms with Gasteiger partial charge >= 0.3 is 0 Å². The van der Waals surface area contributed by atoms with Crippen LogP contribution in [0.5, 0.6) is 11.5 Å². The van der Waals surface area contributed by atoms with Crippen LogP contribution in [0.2, 0.25) is 0 Å². The number of carbonyl (C=O) groups excluding carboxylic acids is 1. The van der Waals surface area contributed by atoms with Gasteiger partial charge in [0.15, 0.2) is 12.0 Å². The number of rotatable bonds is 8. The summed E-state index contributed by atoms with van der Waals surface area (Å²) in [6.45, 7) is -0.552. The van der Waals surface area contributed by atoms with Crippen molar-refractivity contribution in [3.63, 3.8) is 0 Å². The number of ether oxygens (including phenoxy) is 1. The van der Waals surface area contributed by atoms with Crippen LogP contribution in [0.25, 0.3) is 22.3 Å². The van der Waals surface area contributed by atoms with Crippen molar-refractivity contribution in [2.45, 2.75) is 12.5 Å². The second-order valence-corrected chi connectivity index (χ2v) is 7.58. The van der Waals surface area contributed by atoms with E-state index in [9.17, 15) is 19.8 Å². The van der Waals surface area contributed by atoms with Crippen molar-refractivity contribution in [2.75, 3.05) is 13.2 Å². The van der Waals surface area contributed by atoms with Crippen LogP contribution in [-0.4, -0.2) is 35.4 Å². The zero-order valence-electron chi connectivity index (χ0n) is 17.7. The maximum Gasteiger partial charge on any atom is 0.258 e. The van der Waals surface area contributed by atoms with Crippen molar-refractivity contribution in [1.29, 1.82) is 0 Å². The highest BCUT2D eigenvalue weighted by Gasteiger charge is 2.15. The molecule has 0 bridgehead atoms. The number of aromatic hydroxyl groups is 1. The van der Waals surface area contributed by atoms with E-state index in [4.69, 9.17) is 9.15 Å². The molecule has 1 heterocycles. The van der Waals surface area contributed by atoms with Gasteiger partial charge in [0.1, 0.15) is 28.2 Å². The SMILES string of the molecule is O=C(COc1cc(O)c2c(=O)cc(-c3ccccc3)oc2c1)N[C@H](CO)Cc1ccccc1. The molecular weight excluding hydrogens is 422 g/mol. The third-order valence-electron chi connectivity index (χ3n) is 5.12. The average molecular weight is 445 g/mol. The molecule has 3 aromatic carbocycles. The number of nitrogens with one attached hydrogen (secondary N) is 1. The summed E-state index contributed by atoms with van der Waals surface area (Å²) < 4.78 is 11.4. The highest BCUT2D eigenvalue weighted by molar-refractivity contribution is 5.86. The lowest BCUT2D eigenvalue weighted by Gasteiger charge is -2.17. The maximum atomic E-state index is 12.5. The van der Waals surface area contributed by atoms with Gasteiger partial charge in [-0.25, -0.2) is 0 Å². The highest BCUT2D eigenvalue weighted by Crippen LogP contribution is 2.31. The number of benzene rings is 3. The Morgan fingerprint density at radius 3 is 2.39 bits per heavy atom. The summed E-state index contributed by atoms with van der Waals surface area (Å²) in [4.78, 5) is 24.9. The fraction of sp³-hybridized carbons (Fsp3) is 0.154. The van der Waals surface area contributed by atoms with Crippen LogP contribution in [0.3, 0.4) is 0 Å². The van der Waals surface area contributed by atoms with Crippen LogP contribution < -0.4 is 15.5 Å². The van der Waals surface area contributed by atoms with Crippen molar-refractivity contribution in [2.24, 2.45) is 0 Å². The van der Waals surface area contributed by atoms with Gasteiger partial charge in [-0.3, -0.25) is 9.59 Å². The number of phenols is 1. The van der Waals surface area contributed by atoms with Gasteiger partial charge in [0.2, 0.25) is 0 Å². The molecule has 0 aliphatic carbocycles. The van der Waals surface area contributed by atoms with Gasteiger partial charge < -0.3 is 24.7 Å². The minimum atomic E-state index is -0.458. The van der Waals surface area contributed by atoms with E-state index in [2.05, 4.69) is 5.32 Å². The zero-order valence-corrected chi connectivity index (χ0v) is 17.7. The van der Waals surface area contributed by atoms with Crippen LogP contribution in [-0.2, 0) is 11.2 Å². The average Bonchev–Trinajstić information content (AvgIpc) is 2.83. The Balaban J connectivity index is 1.48. The van der Waals surface area contributed by atoms with Crippen molar-refractivity contribution in [3.05, 3.63) is 94.6 Å². The van der Waals surface area contributed by atoms with Gasteiger partial charge in [-0.2, -0.15) is 0 Å². The predicted molar refractivity (Wildman–Crippen MR) is 124 cm³/mol. The zero-order chi connectivity index (χ0) is 23.2. The molecule has 0 radical (unpaired) electrons. The van der Waals surface area contributed by atoms with Crippen molar-refractivity contribution in [3.8, 4) is 22.8 Å². The summed E-state index contributed by atoms with van der Waals surface area (Å²) >= 11 is 0. The summed E-state index contributed by atoms with van der Waals surface area (Å²) in [7, 11) is 0. The summed E-state index contributed by atoms with van der Waals surface area (Å²) in [5.74, 6) is -0.196. The number of carbonyl (C=O) groups is 1. The molecule has 4 aromatic rings. The monoisotopic (exact) mass is 445 g/mol. The lowest BCUT2D eigenvalue weighted by atomic mass is 10.1. The quantitative estimate of drug-likeness (QED) is 0.384. The number of aliphatic hydroxyl groups excluding tert-OH is 1. The molecule has 1 atom stereocenters. The Bertz CT molecular complexity index is 1300. The first-order valence-electron chi connectivity index (χ1n) is 10.5. The Morgan fingerprint density at radius 2 is 1.70 bits per heavy atom. The molecule has 0 aliphatic heterocycles. The van der Waals surface area contributed by atoms with E-state index in [0.29, 0.717) is 12.2 Å². The van der Waals surface area contributed by atoms with E-state index in [0.717, 1.165) is 11.1 Å². The Morgan fingerprint density at radius 1 is 1.00 bits per heavy atom. The summed E-state index contributed by atoms with van der Waals surface area (Å²) in [6.07, 6.45) is 0.479. The lowest BCUT2D eigenvalue weighted by Crippen LogP contribution is -2.41. The van der Waals surface area contributed by atoms with Crippen LogP contribution in [0.4, 0.5) is 0 Å². The number of hydrogen-bond acceptors (Lipinski definition) is 6. The molecule has 168 valence electrons. The molecule has 3 N–H and O–H groups in total. The number of phenolic OH excluding ortho intramolecular Hbond substituents is 1. The van der Waals surface area contributed by atoms with Gasteiger partial charge in [0.05, 0.1) is 12.6 Å². The summed E-state index contributed by atoms with van der Waals surface area (Å²) in [5.41, 5.74) is 1.47. The van der Waals surface area contributed by atoms with Crippen molar-refractivity contribution < 1.29 is 24.2 Å². The first-order valence-corrected chi connectivity index (χ1v) is 10.5. The van der Waals surface area contributed by atoms with Crippen LogP contribution in [0, 0.1) is 0 Å².